The Bertz CT molecular complexity index is 2450. The summed E-state index contributed by atoms with van der Waals surface area (Å²) in [6.07, 6.45) is 2.04. The molecule has 210 valence electrons. The SMILES string of the molecule is c1ccc(-c2c3ccccc3c(-c3ccc(-c4ccc5c6ccccc6n(-c6ccccc6)c5c4)nc3)c3ccccc23)cc1. The Morgan fingerprint density at radius 3 is 1.49 bits per heavy atom. The van der Waals surface area contributed by atoms with Crippen LogP contribution in [0.15, 0.2) is 170 Å². The minimum absolute atomic E-state index is 0.958. The Hall–Kier alpha value is -5.99. The maximum atomic E-state index is 5.07. The lowest BCUT2D eigenvalue weighted by Gasteiger charge is -2.17. The predicted octanol–water partition coefficient (Wildman–Crippen LogP) is 11.5. The van der Waals surface area contributed by atoms with Gasteiger partial charge in [-0.25, -0.2) is 0 Å². The molecule has 2 heterocycles. The maximum absolute atomic E-state index is 5.07. The van der Waals surface area contributed by atoms with Gasteiger partial charge in [-0.15, -0.1) is 0 Å². The van der Waals surface area contributed by atoms with Gasteiger partial charge in [0.05, 0.1) is 16.7 Å². The molecule has 0 unspecified atom stereocenters. The molecule has 2 heteroatoms. The first kappa shape index (κ1) is 25.5. The number of hydrogen-bond acceptors (Lipinski definition) is 1. The van der Waals surface area contributed by atoms with Crippen LogP contribution in [0.5, 0.6) is 0 Å². The second-order valence-corrected chi connectivity index (χ2v) is 11.6. The van der Waals surface area contributed by atoms with E-state index in [0.717, 1.165) is 22.5 Å². The van der Waals surface area contributed by atoms with Crippen LogP contribution in [0.3, 0.4) is 0 Å². The summed E-state index contributed by atoms with van der Waals surface area (Å²) in [6.45, 7) is 0. The fourth-order valence-corrected chi connectivity index (χ4v) is 7.05. The molecule has 0 aliphatic carbocycles. The van der Waals surface area contributed by atoms with E-state index in [9.17, 15) is 0 Å². The number of pyridine rings is 1. The van der Waals surface area contributed by atoms with Gasteiger partial charge in [0, 0.05) is 33.8 Å². The standard InChI is InChI=1S/C43H28N2/c1-3-13-29(14-4-1)42-35-18-7-9-20-37(35)43(38-21-10-8-19-36(38)42)31-24-26-39(44-28-31)30-23-25-34-33-17-11-12-22-40(33)45(41(34)27-30)32-15-5-2-6-16-32/h1-28H. The average Bonchev–Trinajstić information content (AvgIpc) is 3.45. The van der Waals surface area contributed by atoms with Crippen molar-refractivity contribution in [2.24, 2.45) is 0 Å². The van der Waals surface area contributed by atoms with Crippen molar-refractivity contribution in [1.29, 1.82) is 0 Å². The van der Waals surface area contributed by atoms with Crippen LogP contribution in [0.4, 0.5) is 0 Å². The number of hydrogen-bond donors (Lipinski definition) is 0. The van der Waals surface area contributed by atoms with Crippen LogP contribution in [0, 0.1) is 0 Å². The van der Waals surface area contributed by atoms with E-state index in [0.29, 0.717) is 0 Å². The monoisotopic (exact) mass is 572 g/mol. The van der Waals surface area contributed by atoms with Crippen LogP contribution < -0.4 is 0 Å². The molecule has 0 amide bonds. The highest BCUT2D eigenvalue weighted by Gasteiger charge is 2.17. The van der Waals surface area contributed by atoms with Gasteiger partial charge >= 0.3 is 0 Å². The first-order valence-corrected chi connectivity index (χ1v) is 15.4. The summed E-state index contributed by atoms with van der Waals surface area (Å²) in [5.41, 5.74) is 10.4. The number of fused-ring (bicyclic) bond motifs is 5. The van der Waals surface area contributed by atoms with E-state index in [1.807, 2.05) is 6.20 Å². The van der Waals surface area contributed by atoms with Gasteiger partial charge in [-0.05, 0) is 68.6 Å². The van der Waals surface area contributed by atoms with Gasteiger partial charge in [-0.1, -0.05) is 133 Å². The lowest BCUT2D eigenvalue weighted by molar-refractivity contribution is 1.18. The zero-order chi connectivity index (χ0) is 29.7. The molecule has 0 radical (unpaired) electrons. The molecule has 0 spiro atoms. The summed E-state index contributed by atoms with van der Waals surface area (Å²) in [5.74, 6) is 0. The van der Waals surface area contributed by atoms with Crippen molar-refractivity contribution in [2.75, 3.05) is 0 Å². The van der Waals surface area contributed by atoms with E-state index < -0.39 is 0 Å². The van der Waals surface area contributed by atoms with E-state index in [1.165, 1.54) is 60.0 Å². The maximum Gasteiger partial charge on any atom is 0.0703 e. The van der Waals surface area contributed by atoms with Gasteiger partial charge in [-0.2, -0.15) is 0 Å². The molecule has 0 atom stereocenters. The highest BCUT2D eigenvalue weighted by atomic mass is 15.0. The fourth-order valence-electron chi connectivity index (χ4n) is 7.05. The van der Waals surface area contributed by atoms with E-state index >= 15 is 0 Å². The van der Waals surface area contributed by atoms with E-state index in [2.05, 4.69) is 168 Å². The van der Waals surface area contributed by atoms with E-state index in [1.54, 1.807) is 0 Å². The minimum Gasteiger partial charge on any atom is -0.309 e. The van der Waals surface area contributed by atoms with Gasteiger partial charge in [0.2, 0.25) is 0 Å². The third-order valence-electron chi connectivity index (χ3n) is 9.03. The fraction of sp³-hybridized carbons (Fsp3) is 0. The second-order valence-electron chi connectivity index (χ2n) is 11.6. The number of nitrogens with zero attached hydrogens (tertiary/aromatic N) is 2. The first-order chi connectivity index (χ1) is 22.3. The van der Waals surface area contributed by atoms with Crippen molar-refractivity contribution in [3.63, 3.8) is 0 Å². The van der Waals surface area contributed by atoms with Crippen LogP contribution in [0.2, 0.25) is 0 Å². The van der Waals surface area contributed by atoms with Crippen molar-refractivity contribution < 1.29 is 0 Å². The minimum atomic E-state index is 0.958. The zero-order valence-corrected chi connectivity index (χ0v) is 24.6. The van der Waals surface area contributed by atoms with Crippen molar-refractivity contribution in [3.8, 4) is 39.2 Å². The smallest absolute Gasteiger partial charge is 0.0703 e. The van der Waals surface area contributed by atoms with Crippen LogP contribution in [-0.2, 0) is 0 Å². The molecular formula is C43H28N2. The molecule has 0 aliphatic heterocycles. The van der Waals surface area contributed by atoms with Crippen molar-refractivity contribution >= 4 is 43.4 Å². The van der Waals surface area contributed by atoms with Crippen LogP contribution >= 0.6 is 0 Å². The van der Waals surface area contributed by atoms with E-state index in [4.69, 9.17) is 4.98 Å². The summed E-state index contributed by atoms with van der Waals surface area (Å²) in [7, 11) is 0. The summed E-state index contributed by atoms with van der Waals surface area (Å²) in [5, 5.41) is 7.47. The normalized spacial score (nSPS) is 11.6. The Kier molecular flexibility index (Phi) is 5.85. The zero-order valence-electron chi connectivity index (χ0n) is 24.6. The highest BCUT2D eigenvalue weighted by Crippen LogP contribution is 2.43. The first-order valence-electron chi connectivity index (χ1n) is 15.4. The molecule has 9 rings (SSSR count). The lowest BCUT2D eigenvalue weighted by Crippen LogP contribution is -1.94. The van der Waals surface area contributed by atoms with Crippen molar-refractivity contribution in [3.05, 3.63) is 170 Å². The number of benzene rings is 7. The summed E-state index contributed by atoms with van der Waals surface area (Å²) in [4.78, 5) is 5.07. The molecule has 0 bridgehead atoms. The number of para-hydroxylation sites is 2. The predicted molar refractivity (Wildman–Crippen MR) is 190 cm³/mol. The third-order valence-corrected chi connectivity index (χ3v) is 9.03. The lowest BCUT2D eigenvalue weighted by atomic mass is 9.86. The summed E-state index contributed by atoms with van der Waals surface area (Å²) in [6, 6.07) is 58.6. The molecule has 9 aromatic rings. The third kappa shape index (κ3) is 4.07. The van der Waals surface area contributed by atoms with Gasteiger partial charge in [0.25, 0.3) is 0 Å². The Balaban J connectivity index is 1.22. The van der Waals surface area contributed by atoms with Gasteiger partial charge in [0.15, 0.2) is 0 Å². The Morgan fingerprint density at radius 2 is 0.867 bits per heavy atom. The summed E-state index contributed by atoms with van der Waals surface area (Å²) >= 11 is 0. The molecule has 0 N–H and O–H groups in total. The molecule has 2 nitrogen and oxygen atoms in total. The molecule has 2 aromatic heterocycles. The van der Waals surface area contributed by atoms with Gasteiger partial charge in [-0.3, -0.25) is 4.98 Å². The Labute approximate surface area is 261 Å². The van der Waals surface area contributed by atoms with Crippen molar-refractivity contribution in [2.45, 2.75) is 0 Å². The van der Waals surface area contributed by atoms with Crippen LogP contribution in [-0.4, -0.2) is 9.55 Å². The quantitative estimate of drug-likeness (QED) is 0.192. The molecule has 7 aromatic carbocycles. The van der Waals surface area contributed by atoms with Gasteiger partial charge < -0.3 is 4.57 Å². The number of rotatable bonds is 4. The average molecular weight is 573 g/mol. The number of aromatic nitrogens is 2. The molecule has 0 aliphatic rings. The molecule has 0 fully saturated rings. The van der Waals surface area contributed by atoms with Crippen LogP contribution in [0.1, 0.15) is 0 Å². The van der Waals surface area contributed by atoms with Gasteiger partial charge in [0.1, 0.15) is 0 Å². The second kappa shape index (κ2) is 10.3. The highest BCUT2D eigenvalue weighted by molar-refractivity contribution is 6.21. The topological polar surface area (TPSA) is 17.8 Å². The van der Waals surface area contributed by atoms with E-state index in [-0.39, 0.29) is 0 Å². The molecule has 0 saturated carbocycles. The molecule has 0 saturated heterocycles. The van der Waals surface area contributed by atoms with Crippen molar-refractivity contribution in [1.82, 2.24) is 9.55 Å². The molecular weight excluding hydrogens is 544 g/mol. The molecule has 45 heavy (non-hydrogen) atoms. The van der Waals surface area contributed by atoms with Crippen LogP contribution in [0.25, 0.3) is 82.5 Å². The largest absolute Gasteiger partial charge is 0.309 e. The summed E-state index contributed by atoms with van der Waals surface area (Å²) < 4.78 is 2.36. The Morgan fingerprint density at radius 1 is 0.356 bits per heavy atom.